The number of furan rings is 1. The van der Waals surface area contributed by atoms with Crippen LogP contribution in [0.1, 0.15) is 24.4 Å². The van der Waals surface area contributed by atoms with Gasteiger partial charge in [0.15, 0.2) is 5.76 Å². The van der Waals surface area contributed by atoms with Gasteiger partial charge in [0.2, 0.25) is 5.91 Å². The SMILES string of the molecule is CC1CN(C(=O)CN2CCN(C(=O)c3ccco3)CC2)CC(C)O1. The van der Waals surface area contributed by atoms with Gasteiger partial charge in [-0.15, -0.1) is 0 Å². The third-order valence-corrected chi connectivity index (χ3v) is 4.52. The normalized spacial score (nSPS) is 25.8. The molecular formula is C17H25N3O4. The Bertz CT molecular complexity index is 556. The third-order valence-electron chi connectivity index (χ3n) is 4.52. The van der Waals surface area contributed by atoms with Crippen molar-refractivity contribution < 1.29 is 18.7 Å². The van der Waals surface area contributed by atoms with Crippen LogP contribution in [0.5, 0.6) is 0 Å². The Morgan fingerprint density at radius 3 is 2.33 bits per heavy atom. The summed E-state index contributed by atoms with van der Waals surface area (Å²) in [5, 5.41) is 0. The second-order valence-electron chi connectivity index (χ2n) is 6.60. The highest BCUT2D eigenvalue weighted by Gasteiger charge is 2.29. The zero-order valence-corrected chi connectivity index (χ0v) is 14.3. The molecule has 3 rings (SSSR count). The maximum atomic E-state index is 12.5. The van der Waals surface area contributed by atoms with Gasteiger partial charge in [0.25, 0.3) is 5.91 Å². The predicted octanol–water partition coefficient (Wildman–Crippen LogP) is 0.673. The monoisotopic (exact) mass is 335 g/mol. The Labute approximate surface area is 142 Å². The summed E-state index contributed by atoms with van der Waals surface area (Å²) >= 11 is 0. The lowest BCUT2D eigenvalue weighted by atomic mass is 10.2. The average Bonchev–Trinajstić information content (AvgIpc) is 3.08. The summed E-state index contributed by atoms with van der Waals surface area (Å²) < 4.78 is 10.8. The number of rotatable bonds is 3. The van der Waals surface area contributed by atoms with E-state index >= 15 is 0 Å². The van der Waals surface area contributed by atoms with E-state index in [9.17, 15) is 9.59 Å². The first kappa shape index (κ1) is 17.0. The van der Waals surface area contributed by atoms with Gasteiger partial charge >= 0.3 is 0 Å². The van der Waals surface area contributed by atoms with E-state index in [0.29, 0.717) is 51.6 Å². The number of hydrogen-bond donors (Lipinski definition) is 0. The van der Waals surface area contributed by atoms with E-state index < -0.39 is 0 Å². The maximum absolute atomic E-state index is 12.5. The van der Waals surface area contributed by atoms with E-state index in [0.717, 1.165) is 0 Å². The van der Waals surface area contributed by atoms with Crippen molar-refractivity contribution in [3.05, 3.63) is 24.2 Å². The molecule has 0 aromatic carbocycles. The van der Waals surface area contributed by atoms with E-state index in [1.54, 1.807) is 17.0 Å². The second kappa shape index (κ2) is 7.36. The summed E-state index contributed by atoms with van der Waals surface area (Å²) in [6.45, 7) is 8.33. The van der Waals surface area contributed by atoms with E-state index in [1.807, 2.05) is 18.7 Å². The number of amides is 2. The minimum Gasteiger partial charge on any atom is -0.459 e. The standard InChI is InChI=1S/C17H25N3O4/c1-13-10-20(11-14(2)24-13)16(21)12-18-5-7-19(8-6-18)17(22)15-4-3-9-23-15/h3-4,9,13-14H,5-8,10-12H2,1-2H3. The molecule has 132 valence electrons. The van der Waals surface area contributed by atoms with Gasteiger partial charge in [-0.2, -0.15) is 0 Å². The molecule has 1 aromatic rings. The molecule has 2 saturated heterocycles. The summed E-state index contributed by atoms with van der Waals surface area (Å²) in [4.78, 5) is 30.5. The molecule has 0 bridgehead atoms. The number of piperazine rings is 1. The van der Waals surface area contributed by atoms with Crippen LogP contribution >= 0.6 is 0 Å². The Morgan fingerprint density at radius 1 is 1.08 bits per heavy atom. The topological polar surface area (TPSA) is 66.2 Å². The van der Waals surface area contributed by atoms with E-state index in [4.69, 9.17) is 9.15 Å². The number of carbonyl (C=O) groups excluding carboxylic acids is 2. The lowest BCUT2D eigenvalue weighted by Crippen LogP contribution is -2.54. The number of morpholine rings is 1. The van der Waals surface area contributed by atoms with Crippen LogP contribution in [0.15, 0.2) is 22.8 Å². The van der Waals surface area contributed by atoms with Crippen molar-refractivity contribution in [3.63, 3.8) is 0 Å². The Kier molecular flexibility index (Phi) is 5.20. The number of hydrogen-bond acceptors (Lipinski definition) is 5. The molecule has 0 N–H and O–H groups in total. The Hall–Kier alpha value is -1.86. The van der Waals surface area contributed by atoms with Crippen molar-refractivity contribution in [1.82, 2.24) is 14.7 Å². The molecule has 2 atom stereocenters. The van der Waals surface area contributed by atoms with Gasteiger partial charge in [0.1, 0.15) is 0 Å². The van der Waals surface area contributed by atoms with Gasteiger partial charge in [-0.05, 0) is 26.0 Å². The highest BCUT2D eigenvalue weighted by molar-refractivity contribution is 5.91. The van der Waals surface area contributed by atoms with Crippen molar-refractivity contribution in [2.75, 3.05) is 45.8 Å². The van der Waals surface area contributed by atoms with Crippen molar-refractivity contribution >= 4 is 11.8 Å². The maximum Gasteiger partial charge on any atom is 0.289 e. The van der Waals surface area contributed by atoms with Crippen LogP contribution in [0, 0.1) is 0 Å². The minimum absolute atomic E-state index is 0.0817. The summed E-state index contributed by atoms with van der Waals surface area (Å²) in [7, 11) is 0. The van der Waals surface area contributed by atoms with Gasteiger partial charge in [-0.1, -0.05) is 0 Å². The van der Waals surface area contributed by atoms with Crippen LogP contribution in [-0.2, 0) is 9.53 Å². The average molecular weight is 335 g/mol. The van der Waals surface area contributed by atoms with Crippen LogP contribution in [0.4, 0.5) is 0 Å². The lowest BCUT2D eigenvalue weighted by Gasteiger charge is -2.38. The van der Waals surface area contributed by atoms with Crippen LogP contribution in [-0.4, -0.2) is 84.5 Å². The molecule has 2 aliphatic rings. The van der Waals surface area contributed by atoms with E-state index in [1.165, 1.54) is 6.26 Å². The van der Waals surface area contributed by atoms with E-state index in [-0.39, 0.29) is 24.0 Å². The molecule has 7 heteroatoms. The minimum atomic E-state index is -0.0817. The van der Waals surface area contributed by atoms with Crippen LogP contribution in [0.3, 0.4) is 0 Å². The number of ether oxygens (including phenoxy) is 1. The fourth-order valence-corrected chi connectivity index (χ4v) is 3.34. The molecule has 2 unspecified atom stereocenters. The Morgan fingerprint density at radius 2 is 1.75 bits per heavy atom. The van der Waals surface area contributed by atoms with Gasteiger partial charge < -0.3 is 19.0 Å². The Balaban J connectivity index is 1.47. The highest BCUT2D eigenvalue weighted by Crippen LogP contribution is 2.13. The van der Waals surface area contributed by atoms with Crippen LogP contribution in [0.2, 0.25) is 0 Å². The summed E-state index contributed by atoms with van der Waals surface area (Å²) in [5.74, 6) is 0.431. The number of nitrogens with zero attached hydrogens (tertiary/aromatic N) is 3. The van der Waals surface area contributed by atoms with Crippen LogP contribution < -0.4 is 0 Å². The molecule has 0 saturated carbocycles. The predicted molar refractivity (Wildman–Crippen MR) is 87.6 cm³/mol. The van der Waals surface area contributed by atoms with Crippen molar-refractivity contribution in [3.8, 4) is 0 Å². The molecule has 0 aliphatic carbocycles. The van der Waals surface area contributed by atoms with Crippen molar-refractivity contribution in [2.24, 2.45) is 0 Å². The van der Waals surface area contributed by atoms with Crippen molar-refractivity contribution in [1.29, 1.82) is 0 Å². The quantitative estimate of drug-likeness (QED) is 0.812. The highest BCUT2D eigenvalue weighted by atomic mass is 16.5. The third kappa shape index (κ3) is 3.96. The fourth-order valence-electron chi connectivity index (χ4n) is 3.34. The number of carbonyl (C=O) groups is 2. The molecule has 2 aliphatic heterocycles. The molecule has 2 fully saturated rings. The molecule has 1 aromatic heterocycles. The second-order valence-corrected chi connectivity index (χ2v) is 6.60. The van der Waals surface area contributed by atoms with Crippen molar-refractivity contribution in [2.45, 2.75) is 26.1 Å². The van der Waals surface area contributed by atoms with Gasteiger partial charge in [0.05, 0.1) is 25.0 Å². The van der Waals surface area contributed by atoms with Crippen LogP contribution in [0.25, 0.3) is 0 Å². The van der Waals surface area contributed by atoms with Gasteiger partial charge in [-0.25, -0.2) is 0 Å². The molecule has 2 amide bonds. The first-order chi connectivity index (χ1) is 11.5. The van der Waals surface area contributed by atoms with Gasteiger partial charge in [0, 0.05) is 39.3 Å². The van der Waals surface area contributed by atoms with Gasteiger partial charge in [-0.3, -0.25) is 14.5 Å². The lowest BCUT2D eigenvalue weighted by molar-refractivity contribution is -0.144. The fraction of sp³-hybridized carbons (Fsp3) is 0.647. The molecule has 0 spiro atoms. The molecule has 0 radical (unpaired) electrons. The molecule has 3 heterocycles. The zero-order chi connectivity index (χ0) is 17.1. The largest absolute Gasteiger partial charge is 0.459 e. The van der Waals surface area contributed by atoms with E-state index in [2.05, 4.69) is 4.90 Å². The first-order valence-corrected chi connectivity index (χ1v) is 8.51. The molecular weight excluding hydrogens is 310 g/mol. The summed E-state index contributed by atoms with van der Waals surface area (Å²) in [5.41, 5.74) is 0. The summed E-state index contributed by atoms with van der Waals surface area (Å²) in [6.07, 6.45) is 1.67. The smallest absolute Gasteiger partial charge is 0.289 e. The first-order valence-electron chi connectivity index (χ1n) is 8.51. The zero-order valence-electron chi connectivity index (χ0n) is 14.3. The molecule has 24 heavy (non-hydrogen) atoms. The summed E-state index contributed by atoms with van der Waals surface area (Å²) in [6, 6.07) is 3.39. The molecule has 7 nitrogen and oxygen atoms in total.